The predicted molar refractivity (Wildman–Crippen MR) is 125 cm³/mol. The van der Waals surface area contributed by atoms with E-state index in [0.717, 1.165) is 46.4 Å². The normalized spacial score (nSPS) is 11.2. The molecule has 0 bridgehead atoms. The maximum absolute atomic E-state index is 12.4. The van der Waals surface area contributed by atoms with Crippen LogP contribution < -0.4 is 5.32 Å². The van der Waals surface area contributed by atoms with Gasteiger partial charge in [0.1, 0.15) is 10.4 Å². The summed E-state index contributed by atoms with van der Waals surface area (Å²) in [4.78, 5) is 33.6. The van der Waals surface area contributed by atoms with Gasteiger partial charge in [-0.05, 0) is 26.3 Å². The van der Waals surface area contributed by atoms with E-state index in [1.807, 2.05) is 18.2 Å². The molecule has 1 aromatic carbocycles. The first kappa shape index (κ1) is 22.2. The summed E-state index contributed by atoms with van der Waals surface area (Å²) in [7, 11) is 0. The third-order valence-electron chi connectivity index (χ3n) is 4.64. The molecular formula is C21H22N6O3S2. The molecule has 0 atom stereocenters. The van der Waals surface area contributed by atoms with Crippen molar-refractivity contribution in [3.63, 3.8) is 0 Å². The van der Waals surface area contributed by atoms with Crippen molar-refractivity contribution in [3.8, 4) is 0 Å². The highest BCUT2D eigenvalue weighted by Crippen LogP contribution is 2.28. The molecule has 0 saturated heterocycles. The van der Waals surface area contributed by atoms with Crippen molar-refractivity contribution in [2.45, 2.75) is 38.9 Å². The van der Waals surface area contributed by atoms with Gasteiger partial charge < -0.3 is 14.6 Å². The molecule has 11 heteroatoms. The maximum atomic E-state index is 12.4. The summed E-state index contributed by atoms with van der Waals surface area (Å²) in [6.07, 6.45) is 0.962. The number of carbonyl (C=O) groups excluding carboxylic acids is 2. The Morgan fingerprint density at radius 1 is 1.19 bits per heavy atom. The monoisotopic (exact) mass is 470 g/mol. The summed E-state index contributed by atoms with van der Waals surface area (Å²) < 4.78 is 7.14. The minimum absolute atomic E-state index is 0.0918. The second-order valence-electron chi connectivity index (χ2n) is 6.93. The zero-order valence-corrected chi connectivity index (χ0v) is 19.5. The Balaban J connectivity index is 1.48. The molecule has 0 spiro atoms. The first-order valence-corrected chi connectivity index (χ1v) is 12.0. The number of anilines is 1. The summed E-state index contributed by atoms with van der Waals surface area (Å²) in [5.74, 6) is -0.612. The molecule has 3 heterocycles. The zero-order valence-electron chi connectivity index (χ0n) is 17.9. The lowest BCUT2D eigenvalue weighted by Crippen LogP contribution is -2.14. The van der Waals surface area contributed by atoms with Gasteiger partial charge in [0.15, 0.2) is 10.8 Å². The number of ether oxygens (including phenoxy) is 1. The Morgan fingerprint density at radius 2 is 2.00 bits per heavy atom. The van der Waals surface area contributed by atoms with E-state index in [4.69, 9.17) is 4.74 Å². The zero-order chi connectivity index (χ0) is 22.7. The molecule has 1 N–H and O–H groups in total. The van der Waals surface area contributed by atoms with Gasteiger partial charge in [-0.3, -0.25) is 4.79 Å². The van der Waals surface area contributed by atoms with Crippen LogP contribution in [0.15, 0.2) is 29.4 Å². The number of hydrogen-bond donors (Lipinski definition) is 1. The fourth-order valence-corrected chi connectivity index (χ4v) is 4.78. The number of fused-ring (bicyclic) bond motifs is 3. The van der Waals surface area contributed by atoms with Crippen LogP contribution in [0.5, 0.6) is 0 Å². The van der Waals surface area contributed by atoms with Crippen molar-refractivity contribution in [3.05, 3.63) is 34.8 Å². The van der Waals surface area contributed by atoms with Gasteiger partial charge in [0, 0.05) is 11.9 Å². The van der Waals surface area contributed by atoms with E-state index in [-0.39, 0.29) is 18.3 Å². The quantitative estimate of drug-likeness (QED) is 0.303. The lowest BCUT2D eigenvalue weighted by Gasteiger charge is -2.05. The SMILES string of the molecule is CCCn1c2ccccc2c2nnc(SCC(=O)Nc3nc(C)c(C(=O)OCC)s3)nc21. The summed E-state index contributed by atoms with van der Waals surface area (Å²) in [5.41, 5.74) is 3.12. The topological polar surface area (TPSA) is 112 Å². The molecule has 0 radical (unpaired) electrons. The van der Waals surface area contributed by atoms with E-state index in [0.29, 0.717) is 20.9 Å². The summed E-state index contributed by atoms with van der Waals surface area (Å²) in [6.45, 7) is 6.66. The summed E-state index contributed by atoms with van der Waals surface area (Å²) >= 11 is 2.30. The molecular weight excluding hydrogens is 448 g/mol. The third-order valence-corrected chi connectivity index (χ3v) is 6.53. The molecule has 0 saturated carbocycles. The van der Waals surface area contributed by atoms with E-state index >= 15 is 0 Å². The number of benzene rings is 1. The number of para-hydroxylation sites is 1. The number of nitrogens with zero attached hydrogens (tertiary/aromatic N) is 5. The first-order chi connectivity index (χ1) is 15.5. The third kappa shape index (κ3) is 4.44. The molecule has 0 aliphatic rings. The highest BCUT2D eigenvalue weighted by atomic mass is 32.2. The highest BCUT2D eigenvalue weighted by molar-refractivity contribution is 7.99. The van der Waals surface area contributed by atoms with Crippen LogP contribution in [0.4, 0.5) is 5.13 Å². The fourth-order valence-electron chi connectivity index (χ4n) is 3.32. The molecule has 0 aliphatic carbocycles. The number of thiazole rings is 1. The lowest BCUT2D eigenvalue weighted by atomic mass is 10.2. The average molecular weight is 471 g/mol. The molecule has 0 fully saturated rings. The molecule has 3 aromatic heterocycles. The Kier molecular flexibility index (Phi) is 6.66. The number of hydrogen-bond acceptors (Lipinski definition) is 9. The van der Waals surface area contributed by atoms with Crippen LogP contribution >= 0.6 is 23.1 Å². The van der Waals surface area contributed by atoms with Gasteiger partial charge in [-0.15, -0.1) is 10.2 Å². The number of thioether (sulfide) groups is 1. The van der Waals surface area contributed by atoms with Gasteiger partial charge in [0.2, 0.25) is 11.1 Å². The van der Waals surface area contributed by atoms with Crippen molar-refractivity contribution < 1.29 is 14.3 Å². The maximum Gasteiger partial charge on any atom is 0.350 e. The molecule has 1 amide bonds. The second-order valence-corrected chi connectivity index (χ2v) is 8.87. The van der Waals surface area contributed by atoms with Gasteiger partial charge in [-0.25, -0.2) is 14.8 Å². The Labute approximate surface area is 192 Å². The van der Waals surface area contributed by atoms with Crippen LogP contribution in [0.2, 0.25) is 0 Å². The predicted octanol–water partition coefficient (Wildman–Crippen LogP) is 4.06. The van der Waals surface area contributed by atoms with Crippen LogP contribution in [-0.2, 0) is 16.1 Å². The highest BCUT2D eigenvalue weighted by Gasteiger charge is 2.18. The standard InChI is InChI=1S/C21H22N6O3S2/c1-4-10-27-14-9-7-6-8-13(14)16-18(27)24-21(26-25-16)31-11-15(28)23-20-22-12(3)17(32-20)19(29)30-5-2/h6-9H,4-5,10-11H2,1-3H3,(H,22,23,28). The van der Waals surface area contributed by atoms with Gasteiger partial charge in [-0.1, -0.05) is 48.2 Å². The molecule has 166 valence electrons. The van der Waals surface area contributed by atoms with Gasteiger partial charge in [0.05, 0.1) is 23.6 Å². The Morgan fingerprint density at radius 3 is 2.78 bits per heavy atom. The minimum Gasteiger partial charge on any atom is -0.462 e. The van der Waals surface area contributed by atoms with Gasteiger partial charge in [0.25, 0.3) is 0 Å². The van der Waals surface area contributed by atoms with Crippen molar-refractivity contribution in [1.82, 2.24) is 24.7 Å². The molecule has 4 aromatic rings. The van der Waals surface area contributed by atoms with Crippen LogP contribution in [0.3, 0.4) is 0 Å². The molecule has 9 nitrogen and oxygen atoms in total. The van der Waals surface area contributed by atoms with Crippen LogP contribution in [0.25, 0.3) is 22.1 Å². The number of carbonyl (C=O) groups is 2. The van der Waals surface area contributed by atoms with Gasteiger partial charge >= 0.3 is 5.97 Å². The van der Waals surface area contributed by atoms with E-state index in [1.165, 1.54) is 11.8 Å². The van der Waals surface area contributed by atoms with Crippen LogP contribution in [-0.4, -0.2) is 49.0 Å². The Hall–Kier alpha value is -3.05. The first-order valence-electron chi connectivity index (χ1n) is 10.2. The number of aromatic nitrogens is 5. The molecule has 0 unspecified atom stereocenters. The minimum atomic E-state index is -0.437. The second kappa shape index (κ2) is 9.61. The lowest BCUT2D eigenvalue weighted by molar-refractivity contribution is -0.113. The number of amides is 1. The summed E-state index contributed by atoms with van der Waals surface area (Å²) in [5, 5.41) is 13.1. The molecule has 0 aliphatic heterocycles. The van der Waals surface area contributed by atoms with Crippen LogP contribution in [0, 0.1) is 6.92 Å². The van der Waals surface area contributed by atoms with Crippen molar-refractivity contribution in [2.75, 3.05) is 17.7 Å². The van der Waals surface area contributed by atoms with E-state index < -0.39 is 5.97 Å². The van der Waals surface area contributed by atoms with E-state index in [9.17, 15) is 9.59 Å². The van der Waals surface area contributed by atoms with Crippen molar-refractivity contribution in [2.24, 2.45) is 0 Å². The molecule has 4 rings (SSSR count). The van der Waals surface area contributed by atoms with E-state index in [2.05, 4.69) is 43.0 Å². The van der Waals surface area contributed by atoms with Crippen LogP contribution in [0.1, 0.15) is 35.6 Å². The Bertz CT molecular complexity index is 1300. The van der Waals surface area contributed by atoms with E-state index in [1.54, 1.807) is 13.8 Å². The van der Waals surface area contributed by atoms with Crippen molar-refractivity contribution in [1.29, 1.82) is 0 Å². The number of rotatable bonds is 8. The number of nitrogens with one attached hydrogen (secondary N) is 1. The van der Waals surface area contributed by atoms with Crippen molar-refractivity contribution >= 4 is 62.2 Å². The smallest absolute Gasteiger partial charge is 0.350 e. The number of esters is 1. The average Bonchev–Trinajstić information content (AvgIpc) is 3.30. The van der Waals surface area contributed by atoms with Gasteiger partial charge in [-0.2, -0.15) is 0 Å². The molecule has 32 heavy (non-hydrogen) atoms. The summed E-state index contributed by atoms with van der Waals surface area (Å²) in [6, 6.07) is 8.03. The largest absolute Gasteiger partial charge is 0.462 e. The fraction of sp³-hybridized carbons (Fsp3) is 0.333. The number of aryl methyl sites for hydroxylation is 2.